The number of benzene rings is 1. The van der Waals surface area contributed by atoms with Crippen molar-refractivity contribution in [2.24, 2.45) is 5.92 Å². The zero-order valence-corrected chi connectivity index (χ0v) is 21.0. The predicted molar refractivity (Wildman–Crippen MR) is 135 cm³/mol. The molecule has 186 valence electrons. The molecule has 2 aromatic heterocycles. The van der Waals surface area contributed by atoms with Crippen LogP contribution in [0.4, 0.5) is 0 Å². The summed E-state index contributed by atoms with van der Waals surface area (Å²) in [4.78, 5) is 34.5. The first-order valence-corrected chi connectivity index (χ1v) is 12.6. The van der Waals surface area contributed by atoms with Crippen LogP contribution < -0.4 is 5.32 Å². The van der Waals surface area contributed by atoms with E-state index in [1.54, 1.807) is 13.1 Å². The highest BCUT2D eigenvalue weighted by atomic mass is 16.5. The van der Waals surface area contributed by atoms with Gasteiger partial charge >= 0.3 is 5.97 Å². The third kappa shape index (κ3) is 4.70. The number of hydrogen-bond acceptors (Lipinski definition) is 6. The minimum atomic E-state index is -0.166. The van der Waals surface area contributed by atoms with Gasteiger partial charge in [0.1, 0.15) is 5.82 Å². The zero-order chi connectivity index (χ0) is 25.2. The summed E-state index contributed by atoms with van der Waals surface area (Å²) in [5, 5.41) is 8.70. The van der Waals surface area contributed by atoms with Gasteiger partial charge < -0.3 is 10.1 Å². The second-order valence-electron chi connectivity index (χ2n) is 9.76. The average molecular weight is 486 g/mol. The number of aromatic nitrogens is 4. The Hall–Kier alpha value is -3.73. The molecule has 0 radical (unpaired) electrons. The van der Waals surface area contributed by atoms with Gasteiger partial charge in [-0.3, -0.25) is 14.3 Å². The molecule has 0 spiro atoms. The second kappa shape index (κ2) is 10.1. The van der Waals surface area contributed by atoms with Crippen molar-refractivity contribution in [1.29, 1.82) is 0 Å². The Morgan fingerprint density at radius 1 is 1.08 bits per heavy atom. The molecular weight excluding hydrogens is 454 g/mol. The van der Waals surface area contributed by atoms with Gasteiger partial charge in [0.2, 0.25) is 0 Å². The number of esters is 1. The normalized spacial score (nSPS) is 20.3. The molecule has 0 unspecified atom stereocenters. The minimum absolute atomic E-state index is 0.0146. The maximum Gasteiger partial charge on any atom is 0.308 e. The summed E-state index contributed by atoms with van der Waals surface area (Å²) in [5.41, 5.74) is 3.07. The van der Waals surface area contributed by atoms with E-state index in [2.05, 4.69) is 32.2 Å². The Kier molecular flexibility index (Phi) is 6.73. The van der Waals surface area contributed by atoms with Crippen LogP contribution in [-0.4, -0.2) is 44.8 Å². The summed E-state index contributed by atoms with van der Waals surface area (Å²) in [6, 6.07) is 3.56. The Labute approximate surface area is 210 Å². The lowest BCUT2D eigenvalue weighted by Gasteiger charge is -2.27. The van der Waals surface area contributed by atoms with Crippen molar-refractivity contribution in [3.05, 3.63) is 53.2 Å². The number of rotatable bonds is 6. The molecule has 0 saturated heterocycles. The molecule has 2 heterocycles. The number of carbonyl (C=O) groups is 2. The van der Waals surface area contributed by atoms with Crippen molar-refractivity contribution in [2.45, 2.75) is 70.4 Å². The Morgan fingerprint density at radius 2 is 1.81 bits per heavy atom. The number of fused-ring (bicyclic) bond motifs is 1. The fourth-order valence-corrected chi connectivity index (χ4v) is 5.04. The number of hydrogen-bond donors (Lipinski definition) is 1. The largest absolute Gasteiger partial charge is 0.469 e. The van der Waals surface area contributed by atoms with E-state index >= 15 is 0 Å². The highest BCUT2D eigenvalue weighted by Crippen LogP contribution is 2.38. The Morgan fingerprint density at radius 3 is 2.44 bits per heavy atom. The maximum atomic E-state index is 13.5. The molecule has 2 aliphatic rings. The first-order valence-electron chi connectivity index (χ1n) is 12.6. The van der Waals surface area contributed by atoms with Gasteiger partial charge in [-0.15, -0.1) is 5.92 Å². The molecule has 2 aliphatic carbocycles. The van der Waals surface area contributed by atoms with Crippen molar-refractivity contribution in [3.63, 3.8) is 0 Å². The van der Waals surface area contributed by atoms with Gasteiger partial charge in [0.25, 0.3) is 5.91 Å². The van der Waals surface area contributed by atoms with Crippen LogP contribution in [0, 0.1) is 17.8 Å². The number of nitrogens with one attached hydrogen (secondary N) is 1. The topological polar surface area (TPSA) is 99.0 Å². The number of carbonyl (C=O) groups excluding carboxylic acids is 2. The predicted octanol–water partition coefficient (Wildman–Crippen LogP) is 4.15. The van der Waals surface area contributed by atoms with Gasteiger partial charge in [0, 0.05) is 40.9 Å². The van der Waals surface area contributed by atoms with E-state index in [0.717, 1.165) is 53.5 Å². The molecule has 1 atom stereocenters. The van der Waals surface area contributed by atoms with Crippen LogP contribution in [0.2, 0.25) is 0 Å². The average Bonchev–Trinajstić information content (AvgIpc) is 3.67. The molecule has 3 aromatic rings. The van der Waals surface area contributed by atoms with Gasteiger partial charge in [0.05, 0.1) is 36.3 Å². The summed E-state index contributed by atoms with van der Waals surface area (Å²) in [6.45, 7) is 3.83. The zero-order valence-electron chi connectivity index (χ0n) is 21.0. The molecule has 0 aliphatic heterocycles. The van der Waals surface area contributed by atoms with E-state index in [0.29, 0.717) is 24.3 Å². The highest BCUT2D eigenvalue weighted by Gasteiger charge is 2.29. The third-order valence-corrected chi connectivity index (χ3v) is 7.34. The Balaban J connectivity index is 1.43. The molecule has 1 aromatic carbocycles. The monoisotopic (exact) mass is 485 g/mol. The first-order chi connectivity index (χ1) is 17.5. The summed E-state index contributed by atoms with van der Waals surface area (Å²) >= 11 is 0. The van der Waals surface area contributed by atoms with Gasteiger partial charge in [-0.25, -0.2) is 9.97 Å². The van der Waals surface area contributed by atoms with Crippen LogP contribution in [0.5, 0.6) is 0 Å². The SMILES string of the molecule is CC#Cc1ccc(C(=O)NC2CCC(C(=O)OC)CC2)c2c1cnn2[C@@H](C)c1cnc(C2CC2)nc1. The van der Waals surface area contributed by atoms with Crippen molar-refractivity contribution >= 4 is 22.8 Å². The number of methoxy groups -OCH3 is 1. The molecule has 1 N–H and O–H groups in total. The fourth-order valence-electron chi connectivity index (χ4n) is 5.04. The van der Waals surface area contributed by atoms with Gasteiger partial charge in [0.15, 0.2) is 0 Å². The molecule has 36 heavy (non-hydrogen) atoms. The highest BCUT2D eigenvalue weighted by molar-refractivity contribution is 6.07. The Bertz CT molecular complexity index is 1340. The summed E-state index contributed by atoms with van der Waals surface area (Å²) in [7, 11) is 1.42. The molecule has 2 fully saturated rings. The molecule has 2 saturated carbocycles. The fraction of sp³-hybridized carbons (Fsp3) is 0.464. The van der Waals surface area contributed by atoms with Crippen LogP contribution in [0.25, 0.3) is 10.9 Å². The van der Waals surface area contributed by atoms with Crippen molar-refractivity contribution in [1.82, 2.24) is 25.1 Å². The summed E-state index contributed by atoms with van der Waals surface area (Å²) < 4.78 is 6.75. The van der Waals surface area contributed by atoms with Crippen LogP contribution in [0.3, 0.4) is 0 Å². The minimum Gasteiger partial charge on any atom is -0.469 e. The van der Waals surface area contributed by atoms with Gasteiger partial charge in [-0.05, 0) is 64.5 Å². The number of amides is 1. The summed E-state index contributed by atoms with van der Waals surface area (Å²) in [5.74, 6) is 7.09. The van der Waals surface area contributed by atoms with E-state index in [9.17, 15) is 9.59 Å². The van der Waals surface area contributed by atoms with E-state index in [-0.39, 0.29) is 29.9 Å². The van der Waals surface area contributed by atoms with Crippen molar-refractivity contribution in [3.8, 4) is 11.8 Å². The standard InChI is InChI=1S/C28H31N5O3/c1-4-5-18-10-13-23(27(34)32-22-11-8-20(9-12-22)28(35)36-3)25-24(18)16-31-33(25)17(2)21-14-29-26(30-15-21)19-6-7-19/h10,13-17,19-20,22H,6-9,11-12H2,1-3H3,(H,32,34)/t17-,20?,22?/m0/s1. The van der Waals surface area contributed by atoms with E-state index in [1.165, 1.54) is 7.11 Å². The van der Waals surface area contributed by atoms with Crippen LogP contribution in [0.15, 0.2) is 30.7 Å². The lowest BCUT2D eigenvalue weighted by molar-refractivity contribution is -0.146. The number of nitrogens with zero attached hydrogens (tertiary/aromatic N) is 4. The molecule has 8 heteroatoms. The number of ether oxygens (including phenoxy) is 1. The van der Waals surface area contributed by atoms with E-state index < -0.39 is 0 Å². The molecule has 8 nitrogen and oxygen atoms in total. The third-order valence-electron chi connectivity index (χ3n) is 7.34. The second-order valence-corrected chi connectivity index (χ2v) is 9.76. The summed E-state index contributed by atoms with van der Waals surface area (Å²) in [6.07, 6.45) is 10.7. The van der Waals surface area contributed by atoms with E-state index in [1.807, 2.05) is 36.1 Å². The smallest absolute Gasteiger partial charge is 0.308 e. The molecule has 5 rings (SSSR count). The van der Waals surface area contributed by atoms with Gasteiger partial charge in [-0.2, -0.15) is 5.10 Å². The van der Waals surface area contributed by atoms with Crippen molar-refractivity contribution < 1.29 is 14.3 Å². The molecular formula is C28H31N5O3. The lowest BCUT2D eigenvalue weighted by Crippen LogP contribution is -2.39. The van der Waals surface area contributed by atoms with Crippen LogP contribution >= 0.6 is 0 Å². The first kappa shape index (κ1) is 24.0. The van der Waals surface area contributed by atoms with E-state index in [4.69, 9.17) is 4.74 Å². The maximum absolute atomic E-state index is 13.5. The molecule has 0 bridgehead atoms. The van der Waals surface area contributed by atoms with Crippen molar-refractivity contribution in [2.75, 3.05) is 7.11 Å². The van der Waals surface area contributed by atoms with Gasteiger partial charge in [-0.1, -0.05) is 5.92 Å². The molecule has 1 amide bonds. The quantitative estimate of drug-likeness (QED) is 0.416. The van der Waals surface area contributed by atoms with Crippen LogP contribution in [-0.2, 0) is 9.53 Å². The van der Waals surface area contributed by atoms with Crippen LogP contribution in [0.1, 0.15) is 91.6 Å². The lowest BCUT2D eigenvalue weighted by atomic mass is 9.86.